The average molecular weight is 244 g/mol. The van der Waals surface area contributed by atoms with Crippen LogP contribution in [0, 0.1) is 6.92 Å². The van der Waals surface area contributed by atoms with Gasteiger partial charge >= 0.3 is 0 Å². The van der Waals surface area contributed by atoms with Crippen LogP contribution in [0.4, 0.5) is 5.69 Å². The SMILES string of the molecule is Cc1nc2cc(N(C)C3CCNC3)ccc2n1C. The maximum Gasteiger partial charge on any atom is 0.106 e. The van der Waals surface area contributed by atoms with Crippen molar-refractivity contribution in [3.63, 3.8) is 0 Å². The average Bonchev–Trinajstić information content (AvgIpc) is 2.98. The van der Waals surface area contributed by atoms with Crippen LogP contribution in [0.2, 0.25) is 0 Å². The molecule has 3 rings (SSSR count). The van der Waals surface area contributed by atoms with Crippen molar-refractivity contribution in [1.29, 1.82) is 0 Å². The summed E-state index contributed by atoms with van der Waals surface area (Å²) in [5, 5.41) is 3.41. The summed E-state index contributed by atoms with van der Waals surface area (Å²) < 4.78 is 2.14. The van der Waals surface area contributed by atoms with Crippen LogP contribution >= 0.6 is 0 Å². The Hall–Kier alpha value is -1.55. The molecule has 18 heavy (non-hydrogen) atoms. The van der Waals surface area contributed by atoms with Crippen molar-refractivity contribution in [3.8, 4) is 0 Å². The lowest BCUT2D eigenvalue weighted by Crippen LogP contribution is -2.33. The van der Waals surface area contributed by atoms with Crippen LogP contribution in [0.25, 0.3) is 11.0 Å². The number of likely N-dealkylation sites (N-methyl/N-ethyl adjacent to an activating group) is 1. The van der Waals surface area contributed by atoms with Crippen LogP contribution in [0.5, 0.6) is 0 Å². The standard InChI is InChI=1S/C14H20N4/c1-10-16-13-8-11(4-5-14(13)17(10)2)18(3)12-6-7-15-9-12/h4-5,8,12,15H,6-7,9H2,1-3H3. The number of aromatic nitrogens is 2. The summed E-state index contributed by atoms with van der Waals surface area (Å²) in [6, 6.07) is 7.17. The van der Waals surface area contributed by atoms with Gasteiger partial charge in [0.15, 0.2) is 0 Å². The Bertz CT molecular complexity index is 566. The van der Waals surface area contributed by atoms with Gasteiger partial charge in [-0.2, -0.15) is 0 Å². The minimum absolute atomic E-state index is 0.604. The molecule has 0 amide bonds. The van der Waals surface area contributed by atoms with Crippen molar-refractivity contribution >= 4 is 16.7 Å². The van der Waals surface area contributed by atoms with Crippen molar-refractivity contribution < 1.29 is 0 Å². The fraction of sp³-hybridized carbons (Fsp3) is 0.500. The second-order valence-electron chi connectivity index (χ2n) is 5.15. The third-order valence-electron chi connectivity index (χ3n) is 4.08. The largest absolute Gasteiger partial charge is 0.370 e. The molecule has 1 aliphatic heterocycles. The smallest absolute Gasteiger partial charge is 0.106 e. The van der Waals surface area contributed by atoms with Gasteiger partial charge in [0.25, 0.3) is 0 Å². The summed E-state index contributed by atoms with van der Waals surface area (Å²) in [5.41, 5.74) is 3.55. The molecule has 4 nitrogen and oxygen atoms in total. The van der Waals surface area contributed by atoms with Gasteiger partial charge in [0, 0.05) is 32.4 Å². The van der Waals surface area contributed by atoms with Gasteiger partial charge in [-0.3, -0.25) is 0 Å². The van der Waals surface area contributed by atoms with Gasteiger partial charge in [-0.1, -0.05) is 0 Å². The number of hydrogen-bond donors (Lipinski definition) is 1. The van der Waals surface area contributed by atoms with Crippen LogP contribution in [0.15, 0.2) is 18.2 Å². The third kappa shape index (κ3) is 1.77. The molecule has 2 aromatic rings. The zero-order valence-corrected chi connectivity index (χ0v) is 11.3. The first-order chi connectivity index (χ1) is 8.66. The normalized spacial score (nSPS) is 19.6. The zero-order chi connectivity index (χ0) is 12.7. The summed E-state index contributed by atoms with van der Waals surface area (Å²) in [7, 11) is 4.24. The van der Waals surface area contributed by atoms with Gasteiger partial charge in [0.05, 0.1) is 11.0 Å². The first-order valence-electron chi connectivity index (χ1n) is 6.53. The highest BCUT2D eigenvalue weighted by Crippen LogP contribution is 2.24. The summed E-state index contributed by atoms with van der Waals surface area (Å²) >= 11 is 0. The van der Waals surface area contributed by atoms with E-state index in [2.05, 4.69) is 52.1 Å². The summed E-state index contributed by atoms with van der Waals surface area (Å²) in [4.78, 5) is 6.97. The van der Waals surface area contributed by atoms with E-state index in [-0.39, 0.29) is 0 Å². The Balaban J connectivity index is 1.97. The quantitative estimate of drug-likeness (QED) is 0.872. The Morgan fingerprint density at radius 2 is 2.28 bits per heavy atom. The molecule has 0 saturated carbocycles. The Labute approximate surface area is 108 Å². The molecule has 1 N–H and O–H groups in total. The molecule has 1 atom stereocenters. The fourth-order valence-electron chi connectivity index (χ4n) is 2.71. The van der Waals surface area contributed by atoms with Crippen LogP contribution in [-0.2, 0) is 7.05 Å². The number of imidazole rings is 1. The molecule has 0 spiro atoms. The van der Waals surface area contributed by atoms with E-state index < -0.39 is 0 Å². The topological polar surface area (TPSA) is 33.1 Å². The molecule has 0 bridgehead atoms. The molecule has 96 valence electrons. The Kier molecular flexibility index (Phi) is 2.74. The highest BCUT2D eigenvalue weighted by molar-refractivity contribution is 5.80. The second-order valence-corrected chi connectivity index (χ2v) is 5.15. The zero-order valence-electron chi connectivity index (χ0n) is 11.3. The van der Waals surface area contributed by atoms with Gasteiger partial charge in [0.1, 0.15) is 5.82 Å². The van der Waals surface area contributed by atoms with Crippen LogP contribution in [0.1, 0.15) is 12.2 Å². The molecular weight excluding hydrogens is 224 g/mol. The van der Waals surface area contributed by atoms with Crippen LogP contribution in [0.3, 0.4) is 0 Å². The Morgan fingerprint density at radius 1 is 1.44 bits per heavy atom. The van der Waals surface area contributed by atoms with E-state index in [1.54, 1.807) is 0 Å². The first kappa shape index (κ1) is 11.5. The lowest BCUT2D eigenvalue weighted by molar-refractivity contribution is 0.686. The van der Waals surface area contributed by atoms with E-state index >= 15 is 0 Å². The molecule has 2 heterocycles. The minimum Gasteiger partial charge on any atom is -0.370 e. The van der Waals surface area contributed by atoms with Gasteiger partial charge in [0.2, 0.25) is 0 Å². The van der Waals surface area contributed by atoms with E-state index in [1.807, 2.05) is 6.92 Å². The van der Waals surface area contributed by atoms with Crippen molar-refractivity contribution in [2.45, 2.75) is 19.4 Å². The molecule has 0 radical (unpaired) electrons. The molecule has 1 aromatic heterocycles. The number of rotatable bonds is 2. The predicted octanol–water partition coefficient (Wildman–Crippen LogP) is 1.68. The number of nitrogens with one attached hydrogen (secondary N) is 1. The Morgan fingerprint density at radius 3 is 3.00 bits per heavy atom. The summed E-state index contributed by atoms with van der Waals surface area (Å²) in [5.74, 6) is 1.06. The lowest BCUT2D eigenvalue weighted by atomic mass is 10.2. The van der Waals surface area contributed by atoms with Crippen LogP contribution < -0.4 is 10.2 Å². The third-order valence-corrected chi connectivity index (χ3v) is 4.08. The second kappa shape index (κ2) is 4.28. The molecule has 1 aromatic carbocycles. The van der Waals surface area contributed by atoms with Gasteiger partial charge in [-0.25, -0.2) is 4.98 Å². The van der Waals surface area contributed by atoms with E-state index in [1.165, 1.54) is 17.6 Å². The number of nitrogens with zero attached hydrogens (tertiary/aromatic N) is 3. The number of hydrogen-bond acceptors (Lipinski definition) is 3. The minimum atomic E-state index is 0.604. The summed E-state index contributed by atoms with van der Waals surface area (Å²) in [6.45, 7) is 4.25. The molecule has 1 aliphatic rings. The van der Waals surface area contributed by atoms with E-state index in [9.17, 15) is 0 Å². The number of anilines is 1. The van der Waals surface area contributed by atoms with Crippen LogP contribution in [-0.4, -0.2) is 35.7 Å². The van der Waals surface area contributed by atoms with Gasteiger partial charge in [-0.05, 0) is 38.1 Å². The molecule has 4 heteroatoms. The van der Waals surface area contributed by atoms with Crippen molar-refractivity contribution in [2.24, 2.45) is 7.05 Å². The number of benzene rings is 1. The molecule has 0 aliphatic carbocycles. The van der Waals surface area contributed by atoms with Gasteiger partial charge < -0.3 is 14.8 Å². The highest BCUT2D eigenvalue weighted by Gasteiger charge is 2.19. The van der Waals surface area contributed by atoms with Crippen molar-refractivity contribution in [3.05, 3.63) is 24.0 Å². The molecule has 1 saturated heterocycles. The van der Waals surface area contributed by atoms with E-state index in [4.69, 9.17) is 0 Å². The van der Waals surface area contributed by atoms with E-state index in [0.29, 0.717) is 6.04 Å². The number of aryl methyl sites for hydroxylation is 2. The predicted molar refractivity (Wildman–Crippen MR) is 75.1 cm³/mol. The lowest BCUT2D eigenvalue weighted by Gasteiger charge is -2.25. The fourth-order valence-corrected chi connectivity index (χ4v) is 2.71. The van der Waals surface area contributed by atoms with Crippen molar-refractivity contribution in [1.82, 2.24) is 14.9 Å². The highest BCUT2D eigenvalue weighted by atomic mass is 15.2. The first-order valence-corrected chi connectivity index (χ1v) is 6.53. The van der Waals surface area contributed by atoms with E-state index in [0.717, 1.165) is 24.4 Å². The summed E-state index contributed by atoms with van der Waals surface area (Å²) in [6.07, 6.45) is 1.22. The maximum absolute atomic E-state index is 4.60. The number of fused-ring (bicyclic) bond motifs is 1. The molecular formula is C14H20N4. The monoisotopic (exact) mass is 244 g/mol. The molecule has 1 fully saturated rings. The maximum atomic E-state index is 4.60. The molecule has 1 unspecified atom stereocenters. The van der Waals surface area contributed by atoms with Gasteiger partial charge in [-0.15, -0.1) is 0 Å². The van der Waals surface area contributed by atoms with Crippen molar-refractivity contribution in [2.75, 3.05) is 25.0 Å².